The van der Waals surface area contributed by atoms with Crippen LogP contribution in [-0.4, -0.2) is 25.7 Å². The van der Waals surface area contributed by atoms with Gasteiger partial charge in [0.2, 0.25) is 0 Å². The van der Waals surface area contributed by atoms with E-state index in [2.05, 4.69) is 15.2 Å². The average Bonchev–Trinajstić information content (AvgIpc) is 2.96. The summed E-state index contributed by atoms with van der Waals surface area (Å²) in [7, 11) is 0. The Balaban J connectivity index is 1.81. The summed E-state index contributed by atoms with van der Waals surface area (Å²) < 4.78 is 2.61. The van der Waals surface area contributed by atoms with Gasteiger partial charge in [-0.25, -0.2) is 9.67 Å². The highest BCUT2D eigenvalue weighted by Gasteiger charge is 2.12. The van der Waals surface area contributed by atoms with Gasteiger partial charge in [0, 0.05) is 10.7 Å². The summed E-state index contributed by atoms with van der Waals surface area (Å²) in [4.78, 5) is 29.9. The molecule has 0 radical (unpaired) electrons. The lowest BCUT2D eigenvalue weighted by Crippen LogP contribution is -2.21. The van der Waals surface area contributed by atoms with Gasteiger partial charge < -0.3 is 0 Å². The molecule has 4 rings (SSSR count). The largest absolute Gasteiger partial charge is 0.295 e. The van der Waals surface area contributed by atoms with Crippen molar-refractivity contribution in [1.82, 2.24) is 19.4 Å². The van der Waals surface area contributed by atoms with Crippen LogP contribution in [0.25, 0.3) is 16.6 Å². The maximum atomic E-state index is 12.8. The van der Waals surface area contributed by atoms with Crippen molar-refractivity contribution in [2.24, 2.45) is 5.10 Å². The summed E-state index contributed by atoms with van der Waals surface area (Å²) in [6.07, 6.45) is 1.38. The molecule has 0 aliphatic heterocycles. The number of aromatic nitrogens is 4. The van der Waals surface area contributed by atoms with Gasteiger partial charge >= 0.3 is 0 Å². The van der Waals surface area contributed by atoms with E-state index in [1.54, 1.807) is 32.0 Å². The maximum absolute atomic E-state index is 12.8. The van der Waals surface area contributed by atoms with Crippen LogP contribution in [0.2, 0.25) is 5.02 Å². The number of H-pyrrole nitrogens is 1. The van der Waals surface area contributed by atoms with E-state index < -0.39 is 0 Å². The zero-order valence-electron chi connectivity index (χ0n) is 15.2. The van der Waals surface area contributed by atoms with Crippen LogP contribution in [0, 0.1) is 13.8 Å². The molecule has 2 aromatic heterocycles. The summed E-state index contributed by atoms with van der Waals surface area (Å²) in [5.41, 5.74) is 1.65. The Bertz CT molecular complexity index is 1330. The van der Waals surface area contributed by atoms with Gasteiger partial charge in [-0.2, -0.15) is 9.78 Å². The highest BCUT2D eigenvalue weighted by atomic mass is 35.5. The van der Waals surface area contributed by atoms with E-state index in [1.165, 1.54) is 15.6 Å². The Morgan fingerprint density at radius 3 is 2.57 bits per heavy atom. The van der Waals surface area contributed by atoms with Gasteiger partial charge in [0.05, 0.1) is 28.4 Å². The Hall–Kier alpha value is -3.45. The smallest absolute Gasteiger partial charge is 0.282 e. The van der Waals surface area contributed by atoms with E-state index in [9.17, 15) is 9.59 Å². The molecular weight excluding hydrogens is 378 g/mol. The number of nitrogens with one attached hydrogen (secondary N) is 1. The van der Waals surface area contributed by atoms with E-state index in [0.29, 0.717) is 38.7 Å². The molecule has 0 fully saturated rings. The lowest BCUT2D eigenvalue weighted by molar-refractivity contribution is 0.770. The molecule has 1 N–H and O–H groups in total. The molecule has 0 atom stereocenters. The quantitative estimate of drug-likeness (QED) is 0.543. The molecule has 140 valence electrons. The highest BCUT2D eigenvalue weighted by Crippen LogP contribution is 2.15. The minimum atomic E-state index is -0.327. The van der Waals surface area contributed by atoms with Crippen molar-refractivity contribution in [2.45, 2.75) is 13.8 Å². The molecule has 0 unspecified atom stereocenters. The number of nitrogens with zero attached hydrogens (tertiary/aromatic N) is 4. The van der Waals surface area contributed by atoms with E-state index >= 15 is 0 Å². The second kappa shape index (κ2) is 6.94. The molecule has 0 saturated heterocycles. The number of aryl methyl sites for hydroxylation is 2. The second-order valence-electron chi connectivity index (χ2n) is 6.31. The molecule has 0 spiro atoms. The number of para-hydroxylation sites is 1. The van der Waals surface area contributed by atoms with Crippen LogP contribution in [0.4, 0.5) is 0 Å². The van der Waals surface area contributed by atoms with Gasteiger partial charge in [-0.3, -0.25) is 14.7 Å². The molecule has 7 nitrogen and oxygen atoms in total. The van der Waals surface area contributed by atoms with E-state index in [-0.39, 0.29) is 11.1 Å². The van der Waals surface area contributed by atoms with Crippen molar-refractivity contribution in [2.75, 3.05) is 0 Å². The second-order valence-corrected chi connectivity index (χ2v) is 6.75. The van der Waals surface area contributed by atoms with Crippen molar-refractivity contribution < 1.29 is 0 Å². The number of rotatable bonds is 3. The summed E-state index contributed by atoms with van der Waals surface area (Å²) in [5.74, 6) is 0.396. The summed E-state index contributed by atoms with van der Waals surface area (Å²) in [5, 5.41) is 8.16. The van der Waals surface area contributed by atoms with Crippen molar-refractivity contribution >= 4 is 28.7 Å². The molecule has 0 saturated carbocycles. The Morgan fingerprint density at radius 1 is 1.07 bits per heavy atom. The molecule has 4 aromatic rings. The fourth-order valence-corrected chi connectivity index (χ4v) is 3.15. The van der Waals surface area contributed by atoms with Crippen molar-refractivity contribution in [3.8, 4) is 5.69 Å². The first-order valence-electron chi connectivity index (χ1n) is 8.56. The normalized spacial score (nSPS) is 11.5. The lowest BCUT2D eigenvalue weighted by atomic mass is 10.2. The fraction of sp³-hybridized carbons (Fsp3) is 0.100. The number of fused-ring (bicyclic) bond motifs is 1. The van der Waals surface area contributed by atoms with E-state index in [0.717, 1.165) is 0 Å². The predicted octanol–water partition coefficient (Wildman–Crippen LogP) is 3.03. The van der Waals surface area contributed by atoms with Crippen LogP contribution < -0.4 is 11.1 Å². The number of hydrogen-bond acceptors (Lipinski definition) is 4. The van der Waals surface area contributed by atoms with Crippen LogP contribution in [0.15, 0.2) is 63.2 Å². The standard InChI is InChI=1S/C20H16ClN5O2/c1-12-17(20(28)26(24-12)15-6-4-3-5-7-15)11-22-25-13(2)23-18-10-14(21)8-9-16(18)19(25)27/h3-11,24H,1-2H3/b22-11+. The Morgan fingerprint density at radius 2 is 1.82 bits per heavy atom. The average molecular weight is 394 g/mol. The fourth-order valence-electron chi connectivity index (χ4n) is 2.98. The third kappa shape index (κ3) is 3.05. The van der Waals surface area contributed by atoms with Gasteiger partial charge in [0.25, 0.3) is 11.1 Å². The molecule has 0 amide bonds. The first kappa shape index (κ1) is 17.9. The van der Waals surface area contributed by atoms with Gasteiger partial charge in [0.1, 0.15) is 5.82 Å². The third-order valence-electron chi connectivity index (χ3n) is 4.41. The van der Waals surface area contributed by atoms with Gasteiger partial charge in [-0.1, -0.05) is 29.8 Å². The number of aromatic amines is 1. The van der Waals surface area contributed by atoms with Crippen LogP contribution in [0.1, 0.15) is 17.1 Å². The van der Waals surface area contributed by atoms with Crippen LogP contribution in [0.5, 0.6) is 0 Å². The molecular formula is C20H16ClN5O2. The molecule has 2 heterocycles. The third-order valence-corrected chi connectivity index (χ3v) is 4.64. The topological polar surface area (TPSA) is 85.0 Å². The maximum Gasteiger partial charge on any atom is 0.282 e. The van der Waals surface area contributed by atoms with Gasteiger partial charge in [0.15, 0.2) is 0 Å². The van der Waals surface area contributed by atoms with Crippen molar-refractivity contribution in [3.05, 3.63) is 91.3 Å². The minimum absolute atomic E-state index is 0.251. The van der Waals surface area contributed by atoms with Gasteiger partial charge in [-0.05, 0) is 44.2 Å². The molecule has 0 aliphatic carbocycles. The van der Waals surface area contributed by atoms with Crippen LogP contribution >= 0.6 is 11.6 Å². The minimum Gasteiger partial charge on any atom is -0.295 e. The predicted molar refractivity (Wildman–Crippen MR) is 110 cm³/mol. The molecule has 0 bridgehead atoms. The number of halogens is 1. The number of hydrogen-bond donors (Lipinski definition) is 1. The zero-order chi connectivity index (χ0) is 19.8. The summed E-state index contributed by atoms with van der Waals surface area (Å²) in [6, 6.07) is 14.1. The van der Waals surface area contributed by atoms with Crippen LogP contribution in [-0.2, 0) is 0 Å². The van der Waals surface area contributed by atoms with Gasteiger partial charge in [-0.15, -0.1) is 0 Å². The van der Waals surface area contributed by atoms with E-state index in [4.69, 9.17) is 11.6 Å². The monoisotopic (exact) mass is 393 g/mol. The highest BCUT2D eigenvalue weighted by molar-refractivity contribution is 6.31. The summed E-state index contributed by atoms with van der Waals surface area (Å²) in [6.45, 7) is 3.45. The number of benzene rings is 2. The van der Waals surface area contributed by atoms with E-state index in [1.807, 2.05) is 30.3 Å². The SMILES string of the molecule is Cc1[nH]n(-c2ccccc2)c(=O)c1/C=N/n1c(C)nc2cc(Cl)ccc2c1=O. The lowest BCUT2D eigenvalue weighted by Gasteiger charge is -2.05. The molecule has 0 aliphatic rings. The molecule has 8 heteroatoms. The first-order valence-corrected chi connectivity index (χ1v) is 8.94. The summed E-state index contributed by atoms with van der Waals surface area (Å²) >= 11 is 5.97. The van der Waals surface area contributed by atoms with Crippen LogP contribution in [0.3, 0.4) is 0 Å². The zero-order valence-corrected chi connectivity index (χ0v) is 15.9. The first-order chi connectivity index (χ1) is 13.5. The molecule has 2 aromatic carbocycles. The van der Waals surface area contributed by atoms with Crippen molar-refractivity contribution in [3.63, 3.8) is 0 Å². The Labute approximate surface area is 164 Å². The van der Waals surface area contributed by atoms with Crippen molar-refractivity contribution in [1.29, 1.82) is 0 Å². The molecule has 28 heavy (non-hydrogen) atoms. The Kier molecular flexibility index (Phi) is 4.44.